The number of rotatable bonds is 4. The fourth-order valence-corrected chi connectivity index (χ4v) is 2.49. The van der Waals surface area contributed by atoms with Crippen LogP contribution in [0.4, 0.5) is 5.13 Å². The molecule has 5 nitrogen and oxygen atoms in total. The van der Waals surface area contributed by atoms with Crippen molar-refractivity contribution < 1.29 is 4.79 Å². The van der Waals surface area contributed by atoms with Crippen LogP contribution in [-0.4, -0.2) is 17.1 Å². The van der Waals surface area contributed by atoms with Gasteiger partial charge in [0.05, 0.1) is 11.9 Å². The van der Waals surface area contributed by atoms with Crippen LogP contribution in [0.25, 0.3) is 0 Å². The van der Waals surface area contributed by atoms with Crippen molar-refractivity contribution in [1.82, 2.24) is 10.4 Å². The number of nitrogens with zero attached hydrogens (tertiary/aromatic N) is 2. The van der Waals surface area contributed by atoms with E-state index >= 15 is 0 Å². The minimum absolute atomic E-state index is 0.304. The Morgan fingerprint density at radius 1 is 1.50 bits per heavy atom. The van der Waals surface area contributed by atoms with E-state index in [4.69, 9.17) is 17.3 Å². The van der Waals surface area contributed by atoms with Crippen LogP contribution in [0, 0.1) is 0 Å². The number of nitrogen functional groups attached to an aromatic ring is 1. The van der Waals surface area contributed by atoms with E-state index in [0.29, 0.717) is 27.1 Å². The van der Waals surface area contributed by atoms with Gasteiger partial charge >= 0.3 is 0 Å². The van der Waals surface area contributed by atoms with E-state index in [1.54, 1.807) is 30.5 Å². The molecule has 0 aliphatic rings. The van der Waals surface area contributed by atoms with E-state index in [9.17, 15) is 4.79 Å². The van der Waals surface area contributed by atoms with Crippen molar-refractivity contribution in [1.29, 1.82) is 0 Å². The Morgan fingerprint density at radius 2 is 2.20 bits per heavy atom. The second kappa shape index (κ2) is 6.49. The van der Waals surface area contributed by atoms with Gasteiger partial charge in [-0.25, -0.2) is 10.4 Å². The third kappa shape index (κ3) is 3.55. The smallest absolute Gasteiger partial charge is 0.283 e. The first kappa shape index (κ1) is 14.5. The Bertz CT molecular complexity index is 636. The summed E-state index contributed by atoms with van der Waals surface area (Å²) in [6.07, 6.45) is 2.20. The first-order valence-corrected chi connectivity index (χ1v) is 7.13. The summed E-state index contributed by atoms with van der Waals surface area (Å²) >= 11 is 6.94. The topological polar surface area (TPSA) is 80.4 Å². The number of hydrazone groups is 1. The SMILES string of the molecule is CCc1nc(N)sc1C(=O)N/N=C/c1ccc(Cl)cc1. The number of aromatic nitrogens is 1. The number of hydrogen-bond donors (Lipinski definition) is 2. The number of thiazole rings is 1. The monoisotopic (exact) mass is 308 g/mol. The number of carbonyl (C=O) groups is 1. The van der Waals surface area contributed by atoms with Gasteiger partial charge in [0.25, 0.3) is 5.91 Å². The molecule has 1 aromatic carbocycles. The van der Waals surface area contributed by atoms with Gasteiger partial charge in [-0.05, 0) is 24.1 Å². The van der Waals surface area contributed by atoms with E-state index in [1.165, 1.54) is 0 Å². The van der Waals surface area contributed by atoms with Crippen molar-refractivity contribution in [2.45, 2.75) is 13.3 Å². The van der Waals surface area contributed by atoms with Gasteiger partial charge < -0.3 is 5.73 Å². The third-order valence-corrected chi connectivity index (χ3v) is 3.68. The first-order chi connectivity index (χ1) is 9.60. The molecule has 0 fully saturated rings. The number of anilines is 1. The molecule has 104 valence electrons. The summed E-state index contributed by atoms with van der Waals surface area (Å²) in [5.41, 5.74) is 9.59. The van der Waals surface area contributed by atoms with Gasteiger partial charge in [0, 0.05) is 5.02 Å². The molecule has 7 heteroatoms. The first-order valence-electron chi connectivity index (χ1n) is 5.94. The van der Waals surface area contributed by atoms with E-state index in [1.807, 2.05) is 6.92 Å². The summed E-state index contributed by atoms with van der Waals surface area (Å²) in [5.74, 6) is -0.304. The molecule has 0 spiro atoms. The molecule has 0 saturated carbocycles. The summed E-state index contributed by atoms with van der Waals surface area (Å²) < 4.78 is 0. The highest BCUT2D eigenvalue weighted by Gasteiger charge is 2.15. The molecule has 3 N–H and O–H groups in total. The summed E-state index contributed by atoms with van der Waals surface area (Å²) in [7, 11) is 0. The maximum Gasteiger partial charge on any atom is 0.283 e. The molecule has 0 saturated heterocycles. The highest BCUT2D eigenvalue weighted by molar-refractivity contribution is 7.17. The van der Waals surface area contributed by atoms with Gasteiger partial charge in [-0.1, -0.05) is 42.0 Å². The average Bonchev–Trinajstić information content (AvgIpc) is 2.82. The number of nitrogens with two attached hydrogens (primary N) is 1. The Labute approximate surface area is 125 Å². The molecule has 0 aliphatic carbocycles. The van der Waals surface area contributed by atoms with Crippen LogP contribution in [0.2, 0.25) is 5.02 Å². The van der Waals surface area contributed by atoms with Gasteiger partial charge in [-0.15, -0.1) is 0 Å². The highest BCUT2D eigenvalue weighted by atomic mass is 35.5. The van der Waals surface area contributed by atoms with Crippen molar-refractivity contribution in [3.05, 3.63) is 45.4 Å². The summed E-state index contributed by atoms with van der Waals surface area (Å²) in [6, 6.07) is 7.12. The normalized spacial score (nSPS) is 10.9. The Morgan fingerprint density at radius 3 is 2.85 bits per heavy atom. The molecule has 0 unspecified atom stereocenters. The van der Waals surface area contributed by atoms with Crippen molar-refractivity contribution in [2.24, 2.45) is 5.10 Å². The lowest BCUT2D eigenvalue weighted by atomic mass is 10.2. The van der Waals surface area contributed by atoms with Crippen LogP contribution in [0.1, 0.15) is 27.9 Å². The maximum atomic E-state index is 12.0. The lowest BCUT2D eigenvalue weighted by Crippen LogP contribution is -2.17. The maximum absolute atomic E-state index is 12.0. The average molecular weight is 309 g/mol. The molecule has 20 heavy (non-hydrogen) atoms. The van der Waals surface area contributed by atoms with Crippen LogP contribution in [0.5, 0.6) is 0 Å². The Kier molecular flexibility index (Phi) is 4.70. The molecule has 0 atom stereocenters. The van der Waals surface area contributed by atoms with Crippen LogP contribution in [-0.2, 0) is 6.42 Å². The summed E-state index contributed by atoms with van der Waals surface area (Å²) in [4.78, 5) is 16.5. The number of aryl methyl sites for hydroxylation is 1. The Hall–Kier alpha value is -1.92. The molecular formula is C13H13ClN4OS. The van der Waals surface area contributed by atoms with Crippen molar-refractivity contribution in [3.8, 4) is 0 Å². The van der Waals surface area contributed by atoms with E-state index in [0.717, 1.165) is 16.9 Å². The standard InChI is InChI=1S/C13H13ClN4OS/c1-2-10-11(20-13(15)17-10)12(19)18-16-7-8-3-5-9(14)6-4-8/h3-7H,2H2,1H3,(H2,15,17)(H,18,19)/b16-7+. The molecule has 0 bridgehead atoms. The molecule has 2 aromatic rings. The number of benzene rings is 1. The van der Waals surface area contributed by atoms with E-state index in [-0.39, 0.29) is 5.91 Å². The predicted octanol–water partition coefficient (Wildman–Crippen LogP) is 2.71. The summed E-state index contributed by atoms with van der Waals surface area (Å²) in [6.45, 7) is 1.92. The Balaban J connectivity index is 2.03. The largest absolute Gasteiger partial charge is 0.375 e. The van der Waals surface area contributed by atoms with Gasteiger partial charge in [0.1, 0.15) is 4.88 Å². The lowest BCUT2D eigenvalue weighted by Gasteiger charge is -1.98. The number of amides is 1. The van der Waals surface area contributed by atoms with Gasteiger partial charge in [-0.2, -0.15) is 5.10 Å². The number of hydrogen-bond acceptors (Lipinski definition) is 5. The van der Waals surface area contributed by atoms with E-state index < -0.39 is 0 Å². The van der Waals surface area contributed by atoms with Gasteiger partial charge in [-0.3, -0.25) is 4.79 Å². The molecule has 2 rings (SSSR count). The number of carbonyl (C=O) groups excluding carboxylic acids is 1. The molecule has 1 aromatic heterocycles. The zero-order chi connectivity index (χ0) is 14.5. The van der Waals surface area contributed by atoms with Crippen molar-refractivity contribution >= 4 is 40.2 Å². The predicted molar refractivity (Wildman–Crippen MR) is 82.4 cm³/mol. The number of nitrogens with one attached hydrogen (secondary N) is 1. The van der Waals surface area contributed by atoms with Crippen LogP contribution in [0.3, 0.4) is 0 Å². The molecule has 1 heterocycles. The van der Waals surface area contributed by atoms with Gasteiger partial charge in [0.15, 0.2) is 5.13 Å². The minimum atomic E-state index is -0.304. The van der Waals surface area contributed by atoms with E-state index in [2.05, 4.69) is 15.5 Å². The van der Waals surface area contributed by atoms with Crippen molar-refractivity contribution in [3.63, 3.8) is 0 Å². The summed E-state index contributed by atoms with van der Waals surface area (Å²) in [5, 5.41) is 4.94. The lowest BCUT2D eigenvalue weighted by molar-refractivity contribution is 0.0958. The molecular weight excluding hydrogens is 296 g/mol. The van der Waals surface area contributed by atoms with Crippen LogP contribution < -0.4 is 11.2 Å². The van der Waals surface area contributed by atoms with Crippen molar-refractivity contribution in [2.75, 3.05) is 5.73 Å². The van der Waals surface area contributed by atoms with Crippen LogP contribution in [0.15, 0.2) is 29.4 Å². The molecule has 0 aliphatic heterocycles. The highest BCUT2D eigenvalue weighted by Crippen LogP contribution is 2.20. The molecule has 0 radical (unpaired) electrons. The quantitative estimate of drug-likeness (QED) is 0.673. The van der Waals surface area contributed by atoms with Crippen LogP contribution >= 0.6 is 22.9 Å². The fourth-order valence-electron chi connectivity index (χ4n) is 1.55. The van der Waals surface area contributed by atoms with Gasteiger partial charge in [0.2, 0.25) is 0 Å². The zero-order valence-corrected chi connectivity index (χ0v) is 12.3. The number of halogens is 1. The second-order valence-electron chi connectivity index (χ2n) is 3.93. The fraction of sp³-hybridized carbons (Fsp3) is 0.154. The second-order valence-corrected chi connectivity index (χ2v) is 5.40. The molecule has 1 amide bonds. The zero-order valence-electron chi connectivity index (χ0n) is 10.8. The third-order valence-electron chi connectivity index (χ3n) is 2.50. The minimum Gasteiger partial charge on any atom is -0.375 e.